The van der Waals surface area contributed by atoms with E-state index in [2.05, 4.69) is 10.5 Å². The standard InChI is InChI=1S/C6H12N2O2/c1-4(2)7-8-5(3)6(9)10/h4,7H,1-3H3,(H,9,10). The van der Waals surface area contributed by atoms with Crippen molar-refractivity contribution in [1.29, 1.82) is 0 Å². The van der Waals surface area contributed by atoms with E-state index in [1.165, 1.54) is 6.92 Å². The van der Waals surface area contributed by atoms with Gasteiger partial charge in [0.25, 0.3) is 0 Å². The maximum atomic E-state index is 10.1. The molecule has 0 bridgehead atoms. The number of hydrogen-bond acceptors (Lipinski definition) is 3. The van der Waals surface area contributed by atoms with Gasteiger partial charge in [0.1, 0.15) is 5.71 Å². The maximum Gasteiger partial charge on any atom is 0.351 e. The molecule has 0 atom stereocenters. The molecule has 4 nitrogen and oxygen atoms in total. The van der Waals surface area contributed by atoms with Gasteiger partial charge in [0.2, 0.25) is 0 Å². The summed E-state index contributed by atoms with van der Waals surface area (Å²) in [6.45, 7) is 5.22. The van der Waals surface area contributed by atoms with E-state index in [-0.39, 0.29) is 11.8 Å². The molecule has 0 aromatic carbocycles. The van der Waals surface area contributed by atoms with Gasteiger partial charge in [-0.15, -0.1) is 0 Å². The molecule has 0 aromatic heterocycles. The maximum absolute atomic E-state index is 10.1. The molecule has 0 heterocycles. The Kier molecular flexibility index (Phi) is 3.46. The number of hydrazone groups is 1. The Morgan fingerprint density at radius 3 is 2.40 bits per heavy atom. The molecule has 0 aliphatic carbocycles. The van der Waals surface area contributed by atoms with Crippen LogP contribution in [0.1, 0.15) is 20.8 Å². The Bertz CT molecular complexity index is 152. The van der Waals surface area contributed by atoms with Gasteiger partial charge in [-0.05, 0) is 20.8 Å². The Balaban J connectivity index is 3.81. The average Bonchev–Trinajstić information content (AvgIpc) is 1.82. The fourth-order valence-electron chi connectivity index (χ4n) is 0.274. The number of carboxylic acid groups (broad SMARTS) is 1. The predicted octanol–water partition coefficient (Wildman–Crippen LogP) is 0.445. The molecule has 2 N–H and O–H groups in total. The lowest BCUT2D eigenvalue weighted by molar-refractivity contribution is -0.129. The molecule has 0 unspecified atom stereocenters. The highest BCUT2D eigenvalue weighted by molar-refractivity contribution is 6.34. The molecular weight excluding hydrogens is 132 g/mol. The van der Waals surface area contributed by atoms with Gasteiger partial charge in [0.05, 0.1) is 0 Å². The molecule has 0 spiro atoms. The zero-order valence-electron chi connectivity index (χ0n) is 6.38. The van der Waals surface area contributed by atoms with Crippen molar-refractivity contribution in [3.8, 4) is 0 Å². The summed E-state index contributed by atoms with van der Waals surface area (Å²) >= 11 is 0. The summed E-state index contributed by atoms with van der Waals surface area (Å²) in [4.78, 5) is 10.1. The van der Waals surface area contributed by atoms with Crippen LogP contribution in [0.25, 0.3) is 0 Å². The van der Waals surface area contributed by atoms with Crippen molar-refractivity contribution in [1.82, 2.24) is 5.43 Å². The second-order valence-electron chi connectivity index (χ2n) is 2.29. The molecule has 0 fully saturated rings. The topological polar surface area (TPSA) is 61.7 Å². The first-order valence-corrected chi connectivity index (χ1v) is 3.07. The molecule has 0 saturated heterocycles. The van der Waals surface area contributed by atoms with Gasteiger partial charge in [-0.2, -0.15) is 5.10 Å². The van der Waals surface area contributed by atoms with Gasteiger partial charge in [0.15, 0.2) is 0 Å². The number of rotatable bonds is 3. The first kappa shape index (κ1) is 8.94. The van der Waals surface area contributed by atoms with Crippen LogP contribution < -0.4 is 5.43 Å². The lowest BCUT2D eigenvalue weighted by atomic mass is 10.4. The molecule has 4 heteroatoms. The highest BCUT2D eigenvalue weighted by atomic mass is 16.4. The van der Waals surface area contributed by atoms with Gasteiger partial charge in [-0.3, -0.25) is 0 Å². The van der Waals surface area contributed by atoms with Gasteiger partial charge in [-0.1, -0.05) is 0 Å². The SMILES string of the molecule is CC(=NNC(C)C)C(=O)O. The van der Waals surface area contributed by atoms with E-state index >= 15 is 0 Å². The van der Waals surface area contributed by atoms with Crippen molar-refractivity contribution in [2.24, 2.45) is 5.10 Å². The van der Waals surface area contributed by atoms with E-state index in [0.717, 1.165) is 0 Å². The third-order valence-corrected chi connectivity index (χ3v) is 0.800. The number of nitrogens with zero attached hydrogens (tertiary/aromatic N) is 1. The van der Waals surface area contributed by atoms with Crippen LogP contribution >= 0.6 is 0 Å². The normalized spacial score (nSPS) is 11.8. The van der Waals surface area contributed by atoms with Crippen LogP contribution in [0, 0.1) is 0 Å². The molecule has 0 aliphatic heterocycles. The van der Waals surface area contributed by atoms with Crippen LogP contribution in [-0.4, -0.2) is 22.8 Å². The van der Waals surface area contributed by atoms with Crippen LogP contribution in [0.4, 0.5) is 0 Å². The van der Waals surface area contributed by atoms with E-state index in [0.29, 0.717) is 0 Å². The Morgan fingerprint density at radius 1 is 1.60 bits per heavy atom. The summed E-state index contributed by atoms with van der Waals surface area (Å²) < 4.78 is 0. The number of carboxylic acids is 1. The number of nitrogens with one attached hydrogen (secondary N) is 1. The summed E-state index contributed by atoms with van der Waals surface area (Å²) in [5.74, 6) is -0.992. The van der Waals surface area contributed by atoms with Crippen LogP contribution in [0.15, 0.2) is 5.10 Å². The third kappa shape index (κ3) is 3.88. The van der Waals surface area contributed by atoms with Crippen molar-refractivity contribution < 1.29 is 9.90 Å². The van der Waals surface area contributed by atoms with E-state index in [1.54, 1.807) is 0 Å². The largest absolute Gasteiger partial charge is 0.477 e. The first-order chi connectivity index (χ1) is 4.54. The van der Waals surface area contributed by atoms with Gasteiger partial charge in [0, 0.05) is 6.04 Å². The van der Waals surface area contributed by atoms with Crippen molar-refractivity contribution in [3.63, 3.8) is 0 Å². The minimum atomic E-state index is -0.992. The molecule has 58 valence electrons. The van der Waals surface area contributed by atoms with Crippen LogP contribution in [0.2, 0.25) is 0 Å². The third-order valence-electron chi connectivity index (χ3n) is 0.800. The minimum Gasteiger partial charge on any atom is -0.477 e. The molecular formula is C6H12N2O2. The van der Waals surface area contributed by atoms with E-state index in [9.17, 15) is 4.79 Å². The number of aliphatic carboxylic acids is 1. The fraction of sp³-hybridized carbons (Fsp3) is 0.667. The number of hydrogen-bond donors (Lipinski definition) is 2. The Morgan fingerprint density at radius 2 is 2.10 bits per heavy atom. The predicted molar refractivity (Wildman–Crippen MR) is 39.0 cm³/mol. The smallest absolute Gasteiger partial charge is 0.351 e. The van der Waals surface area contributed by atoms with E-state index in [1.807, 2.05) is 13.8 Å². The Hall–Kier alpha value is -1.06. The zero-order valence-corrected chi connectivity index (χ0v) is 6.38. The minimum absolute atomic E-state index is 0.0775. The van der Waals surface area contributed by atoms with Crippen molar-refractivity contribution in [2.75, 3.05) is 0 Å². The first-order valence-electron chi connectivity index (χ1n) is 3.07. The lowest BCUT2D eigenvalue weighted by Gasteiger charge is -2.02. The summed E-state index contributed by atoms with van der Waals surface area (Å²) in [5, 5.41) is 11.9. The lowest BCUT2D eigenvalue weighted by Crippen LogP contribution is -2.20. The second-order valence-corrected chi connectivity index (χ2v) is 2.29. The van der Waals surface area contributed by atoms with Crippen molar-refractivity contribution in [2.45, 2.75) is 26.8 Å². The summed E-state index contributed by atoms with van der Waals surface area (Å²) in [5.41, 5.74) is 2.71. The van der Waals surface area contributed by atoms with Crippen molar-refractivity contribution in [3.05, 3.63) is 0 Å². The van der Waals surface area contributed by atoms with Crippen LogP contribution in [0.5, 0.6) is 0 Å². The summed E-state index contributed by atoms with van der Waals surface area (Å²) in [6.07, 6.45) is 0. The fourth-order valence-corrected chi connectivity index (χ4v) is 0.274. The quantitative estimate of drug-likeness (QED) is 0.446. The molecule has 10 heavy (non-hydrogen) atoms. The second kappa shape index (κ2) is 3.87. The average molecular weight is 144 g/mol. The molecule has 0 aliphatic rings. The van der Waals surface area contributed by atoms with Crippen LogP contribution in [-0.2, 0) is 4.79 Å². The monoisotopic (exact) mass is 144 g/mol. The van der Waals surface area contributed by atoms with Gasteiger partial charge < -0.3 is 10.5 Å². The van der Waals surface area contributed by atoms with Crippen molar-refractivity contribution >= 4 is 11.7 Å². The molecule has 0 radical (unpaired) electrons. The molecule has 0 rings (SSSR count). The highest BCUT2D eigenvalue weighted by Crippen LogP contribution is 1.78. The summed E-state index contributed by atoms with van der Waals surface area (Å²) in [6, 6.07) is 0.175. The molecule has 0 aromatic rings. The number of carbonyl (C=O) groups is 1. The zero-order chi connectivity index (χ0) is 8.15. The van der Waals surface area contributed by atoms with E-state index < -0.39 is 5.97 Å². The summed E-state index contributed by atoms with van der Waals surface area (Å²) in [7, 11) is 0. The van der Waals surface area contributed by atoms with Crippen LogP contribution in [0.3, 0.4) is 0 Å². The van der Waals surface area contributed by atoms with E-state index in [4.69, 9.17) is 5.11 Å². The Labute approximate surface area is 59.9 Å². The highest BCUT2D eigenvalue weighted by Gasteiger charge is 2.00. The molecule has 0 amide bonds. The molecule has 0 saturated carbocycles. The van der Waals surface area contributed by atoms with Gasteiger partial charge >= 0.3 is 5.97 Å². The van der Waals surface area contributed by atoms with Gasteiger partial charge in [-0.25, -0.2) is 4.79 Å².